The first kappa shape index (κ1) is 15.8. The molecule has 2 aromatic carbocycles. The van der Waals surface area contributed by atoms with Crippen LogP contribution in [0.3, 0.4) is 0 Å². The lowest BCUT2D eigenvalue weighted by atomic mass is 10.1. The highest BCUT2D eigenvalue weighted by molar-refractivity contribution is 9.11. The summed E-state index contributed by atoms with van der Waals surface area (Å²) in [5, 5.41) is 9.66. The molecule has 5 heteroatoms. The molecule has 0 aliphatic heterocycles. The number of methoxy groups -OCH3 is 1. The molecule has 0 aromatic heterocycles. The van der Waals surface area contributed by atoms with E-state index in [1.807, 2.05) is 36.4 Å². The number of phenols is 1. The van der Waals surface area contributed by atoms with Crippen LogP contribution in [-0.4, -0.2) is 18.2 Å². The zero-order chi connectivity index (χ0) is 15.4. The maximum atomic E-state index is 11.3. The Morgan fingerprint density at radius 3 is 2.10 bits per heavy atom. The van der Waals surface area contributed by atoms with Crippen LogP contribution in [0.25, 0.3) is 12.2 Å². The van der Waals surface area contributed by atoms with E-state index in [4.69, 9.17) is 0 Å². The molecule has 0 saturated carbocycles. The highest BCUT2D eigenvalue weighted by atomic mass is 79.9. The number of halogens is 2. The Hall–Kier alpha value is -1.59. The predicted octanol–water partition coefficient (Wildman–Crippen LogP) is 4.87. The van der Waals surface area contributed by atoms with Gasteiger partial charge in [0.2, 0.25) is 0 Å². The number of esters is 1. The van der Waals surface area contributed by atoms with E-state index in [2.05, 4.69) is 36.6 Å². The Morgan fingerprint density at radius 1 is 1.05 bits per heavy atom. The fourth-order valence-corrected chi connectivity index (χ4v) is 2.94. The summed E-state index contributed by atoms with van der Waals surface area (Å²) in [6.45, 7) is 0. The molecule has 2 rings (SSSR count). The molecule has 0 radical (unpaired) electrons. The van der Waals surface area contributed by atoms with Crippen molar-refractivity contribution >= 4 is 50.0 Å². The van der Waals surface area contributed by atoms with Crippen LogP contribution in [0.4, 0.5) is 0 Å². The molecule has 0 heterocycles. The molecule has 0 bridgehead atoms. The lowest BCUT2D eigenvalue weighted by Gasteiger charge is -2.02. The van der Waals surface area contributed by atoms with Crippen molar-refractivity contribution in [3.05, 3.63) is 62.0 Å². The van der Waals surface area contributed by atoms with Crippen molar-refractivity contribution in [3.8, 4) is 5.75 Å². The zero-order valence-corrected chi connectivity index (χ0v) is 14.3. The molecule has 0 aliphatic carbocycles. The van der Waals surface area contributed by atoms with Crippen molar-refractivity contribution in [3.63, 3.8) is 0 Å². The first-order valence-corrected chi connectivity index (χ1v) is 7.64. The maximum absolute atomic E-state index is 11.3. The van der Waals surface area contributed by atoms with Gasteiger partial charge in [0.1, 0.15) is 5.75 Å². The first-order valence-electron chi connectivity index (χ1n) is 6.05. The van der Waals surface area contributed by atoms with E-state index in [1.54, 1.807) is 12.1 Å². The van der Waals surface area contributed by atoms with Gasteiger partial charge in [-0.2, -0.15) is 0 Å². The summed E-state index contributed by atoms with van der Waals surface area (Å²) in [7, 11) is 1.36. The number of phenolic OH excluding ortho intramolecular Hbond substituents is 1. The number of hydrogen-bond donors (Lipinski definition) is 1. The van der Waals surface area contributed by atoms with Crippen molar-refractivity contribution in [1.82, 2.24) is 0 Å². The van der Waals surface area contributed by atoms with Gasteiger partial charge in [-0.05, 0) is 67.3 Å². The molecule has 0 unspecified atom stereocenters. The molecule has 108 valence electrons. The van der Waals surface area contributed by atoms with E-state index in [0.29, 0.717) is 14.5 Å². The summed E-state index contributed by atoms with van der Waals surface area (Å²) in [6.07, 6.45) is 3.84. The number of carbonyl (C=O) groups excluding carboxylic acids is 1. The smallest absolute Gasteiger partial charge is 0.337 e. The summed E-state index contributed by atoms with van der Waals surface area (Å²) in [6, 6.07) is 10.8. The summed E-state index contributed by atoms with van der Waals surface area (Å²) in [5.41, 5.74) is 2.41. The molecule has 0 atom stereocenters. The fourth-order valence-electron chi connectivity index (χ4n) is 1.72. The van der Waals surface area contributed by atoms with Crippen LogP contribution in [0.2, 0.25) is 0 Å². The van der Waals surface area contributed by atoms with E-state index in [1.165, 1.54) is 7.11 Å². The number of aromatic hydroxyl groups is 1. The van der Waals surface area contributed by atoms with Crippen LogP contribution in [0, 0.1) is 0 Å². The third kappa shape index (κ3) is 3.95. The summed E-state index contributed by atoms with van der Waals surface area (Å²) in [4.78, 5) is 11.3. The van der Waals surface area contributed by atoms with Gasteiger partial charge >= 0.3 is 5.97 Å². The Balaban J connectivity index is 2.20. The second-order valence-corrected chi connectivity index (χ2v) is 5.99. The fraction of sp³-hybridized carbons (Fsp3) is 0.0625. The van der Waals surface area contributed by atoms with E-state index in [-0.39, 0.29) is 11.7 Å². The Kier molecular flexibility index (Phi) is 5.20. The molecular weight excluding hydrogens is 400 g/mol. The van der Waals surface area contributed by atoms with Gasteiger partial charge in [-0.25, -0.2) is 4.79 Å². The van der Waals surface area contributed by atoms with E-state index < -0.39 is 0 Å². The Labute approximate surface area is 139 Å². The zero-order valence-electron chi connectivity index (χ0n) is 11.1. The van der Waals surface area contributed by atoms with Gasteiger partial charge in [-0.15, -0.1) is 0 Å². The topological polar surface area (TPSA) is 46.5 Å². The summed E-state index contributed by atoms with van der Waals surface area (Å²) >= 11 is 6.58. The summed E-state index contributed by atoms with van der Waals surface area (Å²) in [5.74, 6) is -0.175. The van der Waals surface area contributed by atoms with Crippen molar-refractivity contribution in [2.24, 2.45) is 0 Å². The molecule has 21 heavy (non-hydrogen) atoms. The monoisotopic (exact) mass is 410 g/mol. The van der Waals surface area contributed by atoms with Gasteiger partial charge in [-0.3, -0.25) is 0 Å². The molecule has 3 nitrogen and oxygen atoms in total. The second kappa shape index (κ2) is 6.91. The molecule has 0 aliphatic rings. The highest BCUT2D eigenvalue weighted by Crippen LogP contribution is 2.33. The highest BCUT2D eigenvalue weighted by Gasteiger charge is 2.05. The molecule has 2 aromatic rings. The molecule has 0 fully saturated rings. The minimum absolute atomic E-state index is 0.176. The average molecular weight is 412 g/mol. The number of benzene rings is 2. The van der Waals surface area contributed by atoms with Crippen LogP contribution in [0.5, 0.6) is 5.75 Å². The Bertz CT molecular complexity index is 668. The molecule has 1 N–H and O–H groups in total. The molecule has 0 saturated heterocycles. The minimum atomic E-state index is -0.350. The van der Waals surface area contributed by atoms with E-state index in [9.17, 15) is 9.90 Å². The number of ether oxygens (including phenoxy) is 1. The van der Waals surface area contributed by atoms with Gasteiger partial charge in [-0.1, -0.05) is 24.3 Å². The second-order valence-electron chi connectivity index (χ2n) is 4.28. The number of rotatable bonds is 3. The first-order chi connectivity index (χ1) is 10.0. The third-order valence-electron chi connectivity index (χ3n) is 2.84. The van der Waals surface area contributed by atoms with Crippen molar-refractivity contribution in [2.75, 3.05) is 7.11 Å². The van der Waals surface area contributed by atoms with Crippen molar-refractivity contribution < 1.29 is 14.6 Å². The number of carbonyl (C=O) groups is 1. The number of hydrogen-bond acceptors (Lipinski definition) is 3. The van der Waals surface area contributed by atoms with Gasteiger partial charge < -0.3 is 9.84 Å². The summed E-state index contributed by atoms with van der Waals surface area (Å²) < 4.78 is 5.90. The predicted molar refractivity (Wildman–Crippen MR) is 90.2 cm³/mol. The van der Waals surface area contributed by atoms with Crippen LogP contribution in [-0.2, 0) is 4.74 Å². The minimum Gasteiger partial charge on any atom is -0.506 e. The van der Waals surface area contributed by atoms with Crippen LogP contribution < -0.4 is 0 Å². The van der Waals surface area contributed by atoms with Gasteiger partial charge in [0.05, 0.1) is 21.6 Å². The van der Waals surface area contributed by atoms with Gasteiger partial charge in [0.15, 0.2) is 0 Å². The quantitative estimate of drug-likeness (QED) is 0.578. The largest absolute Gasteiger partial charge is 0.506 e. The molecular formula is C16H12Br2O3. The van der Waals surface area contributed by atoms with E-state index in [0.717, 1.165) is 11.1 Å². The van der Waals surface area contributed by atoms with Crippen molar-refractivity contribution in [2.45, 2.75) is 0 Å². The van der Waals surface area contributed by atoms with Crippen molar-refractivity contribution in [1.29, 1.82) is 0 Å². The Morgan fingerprint density at radius 2 is 1.57 bits per heavy atom. The van der Waals surface area contributed by atoms with Gasteiger partial charge in [0.25, 0.3) is 0 Å². The van der Waals surface area contributed by atoms with Crippen LogP contribution in [0.15, 0.2) is 45.3 Å². The maximum Gasteiger partial charge on any atom is 0.337 e. The standard InChI is InChI=1S/C16H12Br2O3/c1-21-16(20)12-6-4-10(5-7-12)2-3-11-8-13(17)15(19)14(18)9-11/h2-9,19H,1H3. The average Bonchev–Trinajstić information content (AvgIpc) is 2.50. The normalized spacial score (nSPS) is 10.8. The third-order valence-corrected chi connectivity index (χ3v) is 4.05. The molecule has 0 amide bonds. The lowest BCUT2D eigenvalue weighted by molar-refractivity contribution is 0.0600. The van der Waals surface area contributed by atoms with Gasteiger partial charge in [0, 0.05) is 0 Å². The van der Waals surface area contributed by atoms with Crippen LogP contribution >= 0.6 is 31.9 Å². The lowest BCUT2D eigenvalue weighted by Crippen LogP contribution is -2.00. The van der Waals surface area contributed by atoms with Crippen LogP contribution in [0.1, 0.15) is 21.5 Å². The SMILES string of the molecule is COC(=O)c1ccc(C=Cc2cc(Br)c(O)c(Br)c2)cc1. The molecule has 0 spiro atoms. The van der Waals surface area contributed by atoms with E-state index >= 15 is 0 Å².